The molecule has 0 radical (unpaired) electrons. The maximum Gasteiger partial charge on any atom is 0.0458 e. The fraction of sp³-hybridized carbons (Fsp3) is 0.600. The van der Waals surface area contributed by atoms with Gasteiger partial charge in [0.05, 0.1) is 0 Å². The van der Waals surface area contributed by atoms with Crippen molar-refractivity contribution in [1.29, 1.82) is 0 Å². The fourth-order valence-electron chi connectivity index (χ4n) is 2.52. The Hall–Kier alpha value is -0.140. The van der Waals surface area contributed by atoms with Gasteiger partial charge in [0.1, 0.15) is 0 Å². The number of rotatable bonds is 2. The Kier molecular flexibility index (Phi) is 4.10. The zero-order chi connectivity index (χ0) is 12.6. The molecule has 0 bridgehead atoms. The first-order valence-electron chi connectivity index (χ1n) is 6.39. The summed E-state index contributed by atoms with van der Waals surface area (Å²) >= 11 is 8.40. The average molecular weight is 269 g/mol. The molecule has 17 heavy (non-hydrogen) atoms. The summed E-state index contributed by atoms with van der Waals surface area (Å²) in [6.45, 7) is 8.89. The summed E-state index contributed by atoms with van der Waals surface area (Å²) in [7, 11) is 0. The quantitative estimate of drug-likeness (QED) is 0.667. The molecule has 1 fully saturated rings. The van der Waals surface area contributed by atoms with Crippen LogP contribution in [0.4, 0.5) is 0 Å². The van der Waals surface area contributed by atoms with E-state index in [0.717, 1.165) is 0 Å². The van der Waals surface area contributed by atoms with Crippen molar-refractivity contribution < 1.29 is 0 Å². The van der Waals surface area contributed by atoms with Gasteiger partial charge in [-0.25, -0.2) is 0 Å². The van der Waals surface area contributed by atoms with Gasteiger partial charge in [-0.2, -0.15) is 0 Å². The largest absolute Gasteiger partial charge is 0.122 e. The molecule has 0 aliphatic heterocycles. The third-order valence-corrected chi connectivity index (χ3v) is 6.33. The molecule has 94 valence electrons. The van der Waals surface area contributed by atoms with Crippen LogP contribution < -0.4 is 0 Å². The predicted octanol–water partition coefficient (Wildman–Crippen LogP) is 5.17. The molecule has 2 rings (SSSR count). The highest BCUT2D eigenvalue weighted by Crippen LogP contribution is 2.41. The van der Waals surface area contributed by atoms with Crippen LogP contribution in [0.1, 0.15) is 41.5 Å². The first-order chi connectivity index (χ1) is 8.00. The summed E-state index contributed by atoms with van der Waals surface area (Å²) in [5, 5.41) is 0.967. The van der Waals surface area contributed by atoms with E-state index in [1.54, 1.807) is 0 Å². The Balaban J connectivity index is 2.31. The summed E-state index contributed by atoms with van der Waals surface area (Å²) in [4.78, 5) is 1.47. The molecule has 0 nitrogen and oxygen atoms in total. The van der Waals surface area contributed by atoms with Crippen molar-refractivity contribution in [3.63, 3.8) is 0 Å². The van der Waals surface area contributed by atoms with Gasteiger partial charge in [-0.05, 0) is 62.8 Å². The van der Waals surface area contributed by atoms with E-state index < -0.39 is 0 Å². The number of hydrogen-bond acceptors (Lipinski definition) is 1. The highest BCUT2D eigenvalue weighted by atomic mass is 35.5. The predicted molar refractivity (Wildman–Crippen MR) is 78.5 cm³/mol. The summed E-state index contributed by atoms with van der Waals surface area (Å²) < 4.78 is 0. The lowest BCUT2D eigenvalue weighted by molar-refractivity contribution is 0.888. The van der Waals surface area contributed by atoms with E-state index in [9.17, 15) is 0 Å². The Morgan fingerprint density at radius 2 is 1.65 bits per heavy atom. The van der Waals surface area contributed by atoms with E-state index in [2.05, 4.69) is 33.8 Å². The molecule has 0 heterocycles. The second-order valence-electron chi connectivity index (χ2n) is 5.19. The van der Waals surface area contributed by atoms with E-state index in [1.165, 1.54) is 46.4 Å². The third kappa shape index (κ3) is 2.66. The van der Waals surface area contributed by atoms with Crippen LogP contribution in [-0.4, -0.2) is 10.6 Å². The van der Waals surface area contributed by atoms with Crippen LogP contribution in [0, 0.1) is 27.7 Å². The average Bonchev–Trinajstić information content (AvgIpc) is 2.68. The lowest BCUT2D eigenvalue weighted by Gasteiger charge is -2.19. The Bertz CT molecular complexity index is 399. The summed E-state index contributed by atoms with van der Waals surface area (Å²) in [5.41, 5.74) is 5.68. The fourth-order valence-corrected chi connectivity index (χ4v) is 4.50. The molecule has 0 spiro atoms. The Morgan fingerprint density at radius 1 is 1.06 bits per heavy atom. The van der Waals surface area contributed by atoms with Gasteiger partial charge in [-0.15, -0.1) is 23.4 Å². The molecular formula is C15H21ClS. The van der Waals surface area contributed by atoms with Gasteiger partial charge in [0.15, 0.2) is 0 Å². The molecule has 0 N–H and O–H groups in total. The monoisotopic (exact) mass is 268 g/mol. The third-order valence-electron chi connectivity index (χ3n) is 3.94. The van der Waals surface area contributed by atoms with Crippen LogP contribution >= 0.6 is 23.4 Å². The van der Waals surface area contributed by atoms with E-state index >= 15 is 0 Å². The van der Waals surface area contributed by atoms with E-state index in [-0.39, 0.29) is 0 Å². The van der Waals surface area contributed by atoms with Crippen LogP contribution in [0.25, 0.3) is 0 Å². The molecule has 2 unspecified atom stereocenters. The lowest BCUT2D eigenvalue weighted by atomic mass is 10.0. The molecule has 1 aromatic rings. The molecular weight excluding hydrogens is 248 g/mol. The van der Waals surface area contributed by atoms with Crippen LogP contribution in [0.15, 0.2) is 11.0 Å². The van der Waals surface area contributed by atoms with E-state index in [4.69, 9.17) is 11.6 Å². The summed E-state index contributed by atoms with van der Waals surface area (Å²) in [5.74, 6) is 0. The van der Waals surface area contributed by atoms with Crippen molar-refractivity contribution >= 4 is 23.4 Å². The van der Waals surface area contributed by atoms with Crippen molar-refractivity contribution in [1.82, 2.24) is 0 Å². The van der Waals surface area contributed by atoms with E-state index in [1.807, 2.05) is 11.8 Å². The first kappa shape index (κ1) is 13.3. The molecule has 2 atom stereocenters. The van der Waals surface area contributed by atoms with Gasteiger partial charge in [0.2, 0.25) is 0 Å². The second-order valence-corrected chi connectivity index (χ2v) is 7.00. The standard InChI is InChI=1S/C15H21ClS/c1-9-8-10(2)12(4)15(11(9)3)17-14-7-5-6-13(14)16/h8,13-14H,5-7H2,1-4H3. The van der Waals surface area contributed by atoms with Crippen LogP contribution in [0.5, 0.6) is 0 Å². The molecule has 0 aromatic heterocycles. The minimum absolute atomic E-state index is 0.361. The normalized spacial score (nSPS) is 24.3. The number of alkyl halides is 1. The highest BCUT2D eigenvalue weighted by Gasteiger charge is 2.27. The Morgan fingerprint density at radius 3 is 2.12 bits per heavy atom. The van der Waals surface area contributed by atoms with Crippen LogP contribution in [0.2, 0.25) is 0 Å². The van der Waals surface area contributed by atoms with Gasteiger partial charge in [-0.3, -0.25) is 0 Å². The molecule has 1 saturated carbocycles. The SMILES string of the molecule is Cc1cc(C)c(C)c(SC2CCCC2Cl)c1C. The number of hydrogen-bond donors (Lipinski definition) is 0. The van der Waals surface area contributed by atoms with Gasteiger partial charge < -0.3 is 0 Å². The Labute approximate surface area is 114 Å². The van der Waals surface area contributed by atoms with E-state index in [0.29, 0.717) is 10.6 Å². The summed E-state index contributed by atoms with van der Waals surface area (Å²) in [6, 6.07) is 2.29. The van der Waals surface area contributed by atoms with Gasteiger partial charge >= 0.3 is 0 Å². The first-order valence-corrected chi connectivity index (χ1v) is 7.70. The molecule has 1 aliphatic rings. The number of benzene rings is 1. The van der Waals surface area contributed by atoms with Crippen molar-refractivity contribution in [2.45, 2.75) is 62.5 Å². The minimum Gasteiger partial charge on any atom is -0.122 e. The maximum absolute atomic E-state index is 6.39. The smallest absolute Gasteiger partial charge is 0.0458 e. The summed E-state index contributed by atoms with van der Waals surface area (Å²) in [6.07, 6.45) is 3.74. The minimum atomic E-state index is 0.361. The molecule has 0 amide bonds. The van der Waals surface area contributed by atoms with Crippen LogP contribution in [0.3, 0.4) is 0 Å². The molecule has 2 heteroatoms. The zero-order valence-corrected chi connectivity index (χ0v) is 12.7. The highest BCUT2D eigenvalue weighted by molar-refractivity contribution is 8.00. The molecule has 0 saturated heterocycles. The van der Waals surface area contributed by atoms with Crippen molar-refractivity contribution in [2.75, 3.05) is 0 Å². The van der Waals surface area contributed by atoms with Gasteiger partial charge in [0.25, 0.3) is 0 Å². The second kappa shape index (κ2) is 5.24. The maximum atomic E-state index is 6.39. The number of halogens is 1. The zero-order valence-electron chi connectivity index (χ0n) is 11.1. The lowest BCUT2D eigenvalue weighted by Crippen LogP contribution is -2.10. The number of aryl methyl sites for hydroxylation is 2. The van der Waals surface area contributed by atoms with Gasteiger partial charge in [-0.1, -0.05) is 12.5 Å². The van der Waals surface area contributed by atoms with Gasteiger partial charge in [0, 0.05) is 15.5 Å². The number of thioether (sulfide) groups is 1. The molecule has 1 aromatic carbocycles. The van der Waals surface area contributed by atoms with Crippen molar-refractivity contribution in [3.05, 3.63) is 28.3 Å². The molecule has 1 aliphatic carbocycles. The van der Waals surface area contributed by atoms with Crippen molar-refractivity contribution in [3.8, 4) is 0 Å². The van der Waals surface area contributed by atoms with Crippen molar-refractivity contribution in [2.24, 2.45) is 0 Å². The van der Waals surface area contributed by atoms with Crippen LogP contribution in [-0.2, 0) is 0 Å². The topological polar surface area (TPSA) is 0 Å².